The van der Waals surface area contributed by atoms with Gasteiger partial charge in [-0.25, -0.2) is 0 Å². The molecule has 0 radical (unpaired) electrons. The standard InChI is InChI=1S/C22H34O3/c1-14(23)25-13-22(24)12-21-9-7-17-19(2,8-6-15-10-20(15,17)3)18(21)5-4-16(22)11-21/h15-18,24H,4-13H2,1-3H3/t15-,16+,17+,18+,19-,20+,21+,22+/m1/s1. The Morgan fingerprint density at radius 2 is 1.80 bits per heavy atom. The van der Waals surface area contributed by atoms with Crippen LogP contribution in [0.15, 0.2) is 0 Å². The lowest BCUT2D eigenvalue weighted by molar-refractivity contribution is -0.152. The van der Waals surface area contributed by atoms with Gasteiger partial charge in [-0.15, -0.1) is 0 Å². The summed E-state index contributed by atoms with van der Waals surface area (Å²) in [6.45, 7) is 6.83. The van der Waals surface area contributed by atoms with Crippen molar-refractivity contribution in [3.8, 4) is 0 Å². The lowest BCUT2D eigenvalue weighted by Gasteiger charge is -2.61. The molecule has 5 aliphatic carbocycles. The lowest BCUT2D eigenvalue weighted by Crippen LogP contribution is -2.54. The van der Waals surface area contributed by atoms with Gasteiger partial charge in [-0.1, -0.05) is 13.8 Å². The van der Waals surface area contributed by atoms with E-state index < -0.39 is 5.60 Å². The van der Waals surface area contributed by atoms with E-state index in [0.717, 1.165) is 37.0 Å². The van der Waals surface area contributed by atoms with Gasteiger partial charge in [-0.3, -0.25) is 4.79 Å². The first kappa shape index (κ1) is 16.6. The number of ether oxygens (including phenoxy) is 1. The van der Waals surface area contributed by atoms with Crippen LogP contribution >= 0.6 is 0 Å². The molecule has 5 saturated carbocycles. The molecule has 0 unspecified atom stereocenters. The molecule has 5 aliphatic rings. The Morgan fingerprint density at radius 3 is 2.56 bits per heavy atom. The van der Waals surface area contributed by atoms with E-state index in [-0.39, 0.29) is 12.6 Å². The minimum Gasteiger partial charge on any atom is -0.463 e. The van der Waals surface area contributed by atoms with Crippen molar-refractivity contribution in [3.05, 3.63) is 0 Å². The lowest BCUT2D eigenvalue weighted by atomic mass is 9.43. The fourth-order valence-corrected chi connectivity index (χ4v) is 8.86. The fraction of sp³-hybridized carbons (Fsp3) is 0.955. The topological polar surface area (TPSA) is 46.5 Å². The molecular formula is C22H34O3. The Morgan fingerprint density at radius 1 is 1.00 bits per heavy atom. The minimum absolute atomic E-state index is 0.210. The number of carbonyl (C=O) groups excluding carboxylic acids is 1. The SMILES string of the molecule is CC(=O)OC[C@@]1(O)C[C@@]23CC[C@@H]4[C@@]5(C)C[C@H]5CC[C@@]4(C)[C@@H]2CC[C@H]1C3. The second-order valence-electron chi connectivity index (χ2n) is 11.0. The van der Waals surface area contributed by atoms with Crippen molar-refractivity contribution in [2.24, 2.45) is 39.9 Å². The highest BCUT2D eigenvalue weighted by Crippen LogP contribution is 2.78. The number of carbonyl (C=O) groups is 1. The molecule has 3 nitrogen and oxygen atoms in total. The van der Waals surface area contributed by atoms with Crippen LogP contribution < -0.4 is 0 Å². The Balaban J connectivity index is 1.45. The first-order chi connectivity index (χ1) is 11.7. The maximum atomic E-state index is 11.4. The molecular weight excluding hydrogens is 312 g/mol. The van der Waals surface area contributed by atoms with Gasteiger partial charge in [-0.05, 0) is 97.7 Å². The van der Waals surface area contributed by atoms with Gasteiger partial charge in [0.15, 0.2) is 0 Å². The van der Waals surface area contributed by atoms with Crippen LogP contribution in [0.3, 0.4) is 0 Å². The maximum Gasteiger partial charge on any atom is 0.302 e. The highest BCUT2D eigenvalue weighted by Gasteiger charge is 2.71. The van der Waals surface area contributed by atoms with E-state index in [9.17, 15) is 9.90 Å². The Labute approximate surface area is 151 Å². The van der Waals surface area contributed by atoms with Crippen LogP contribution in [0.1, 0.15) is 78.6 Å². The average Bonchev–Trinajstić information content (AvgIpc) is 3.18. The number of esters is 1. The Kier molecular flexibility index (Phi) is 3.20. The van der Waals surface area contributed by atoms with Gasteiger partial charge >= 0.3 is 5.97 Å². The van der Waals surface area contributed by atoms with Gasteiger partial charge in [0, 0.05) is 6.92 Å². The van der Waals surface area contributed by atoms with Crippen LogP contribution in [-0.2, 0) is 9.53 Å². The monoisotopic (exact) mass is 346 g/mol. The summed E-state index contributed by atoms with van der Waals surface area (Å²) in [6.07, 6.45) is 11.4. The summed E-state index contributed by atoms with van der Waals surface area (Å²) in [5.74, 6) is 2.73. The van der Waals surface area contributed by atoms with Crippen molar-refractivity contribution in [2.75, 3.05) is 6.61 Å². The highest BCUT2D eigenvalue weighted by atomic mass is 16.5. The van der Waals surface area contributed by atoms with Crippen molar-refractivity contribution >= 4 is 5.97 Å². The van der Waals surface area contributed by atoms with Gasteiger partial charge < -0.3 is 9.84 Å². The quantitative estimate of drug-likeness (QED) is 0.757. The number of hydrogen-bond donors (Lipinski definition) is 1. The molecule has 0 amide bonds. The molecule has 25 heavy (non-hydrogen) atoms. The third-order valence-electron chi connectivity index (χ3n) is 9.95. The van der Waals surface area contributed by atoms with Gasteiger partial charge in [0.25, 0.3) is 0 Å². The van der Waals surface area contributed by atoms with E-state index in [1.807, 2.05) is 0 Å². The number of hydrogen-bond acceptors (Lipinski definition) is 3. The molecule has 1 spiro atoms. The molecule has 0 aliphatic heterocycles. The molecule has 0 saturated heterocycles. The van der Waals surface area contributed by atoms with Crippen LogP contribution in [-0.4, -0.2) is 23.3 Å². The predicted octanol–water partition coefficient (Wildman–Crippen LogP) is 4.32. The molecule has 5 fully saturated rings. The second kappa shape index (κ2) is 4.82. The summed E-state index contributed by atoms with van der Waals surface area (Å²) in [5.41, 5.74) is 0.626. The van der Waals surface area contributed by atoms with Crippen molar-refractivity contribution in [3.63, 3.8) is 0 Å². The zero-order valence-corrected chi connectivity index (χ0v) is 16.1. The first-order valence-electron chi connectivity index (χ1n) is 10.6. The molecule has 8 atom stereocenters. The van der Waals surface area contributed by atoms with Crippen molar-refractivity contribution in [1.82, 2.24) is 0 Å². The van der Waals surface area contributed by atoms with E-state index in [1.165, 1.54) is 45.4 Å². The van der Waals surface area contributed by atoms with E-state index >= 15 is 0 Å². The fourth-order valence-electron chi connectivity index (χ4n) is 8.86. The summed E-state index contributed by atoms with van der Waals surface area (Å²) in [5, 5.41) is 11.4. The third kappa shape index (κ3) is 2.05. The normalized spacial score (nSPS) is 58.7. The summed E-state index contributed by atoms with van der Waals surface area (Å²) < 4.78 is 5.30. The van der Waals surface area contributed by atoms with Crippen molar-refractivity contribution < 1.29 is 14.6 Å². The zero-order chi connectivity index (χ0) is 17.7. The largest absolute Gasteiger partial charge is 0.463 e. The van der Waals surface area contributed by atoms with Gasteiger partial charge in [0.05, 0.1) is 0 Å². The van der Waals surface area contributed by atoms with Crippen LogP contribution in [0.5, 0.6) is 0 Å². The Bertz CT molecular complexity index is 616. The summed E-state index contributed by atoms with van der Waals surface area (Å²) >= 11 is 0. The first-order valence-corrected chi connectivity index (χ1v) is 10.6. The van der Waals surface area contributed by atoms with Crippen molar-refractivity contribution in [2.45, 2.75) is 84.2 Å². The smallest absolute Gasteiger partial charge is 0.302 e. The molecule has 1 N–H and O–H groups in total. The van der Waals surface area contributed by atoms with Gasteiger partial charge in [-0.2, -0.15) is 0 Å². The van der Waals surface area contributed by atoms with E-state index in [2.05, 4.69) is 13.8 Å². The maximum absolute atomic E-state index is 11.4. The number of aliphatic hydroxyl groups is 1. The van der Waals surface area contributed by atoms with Crippen LogP contribution in [0, 0.1) is 39.9 Å². The molecule has 140 valence electrons. The van der Waals surface area contributed by atoms with E-state index in [4.69, 9.17) is 4.74 Å². The molecule has 0 heterocycles. The van der Waals surface area contributed by atoms with Crippen LogP contribution in [0.2, 0.25) is 0 Å². The second-order valence-corrected chi connectivity index (χ2v) is 11.0. The highest BCUT2D eigenvalue weighted by molar-refractivity contribution is 5.66. The van der Waals surface area contributed by atoms with Crippen LogP contribution in [0.4, 0.5) is 0 Å². The Hall–Kier alpha value is -0.570. The van der Waals surface area contributed by atoms with E-state index in [1.54, 1.807) is 0 Å². The van der Waals surface area contributed by atoms with Gasteiger partial charge in [0.1, 0.15) is 12.2 Å². The summed E-state index contributed by atoms with van der Waals surface area (Å²) in [7, 11) is 0. The summed E-state index contributed by atoms with van der Waals surface area (Å²) in [4.78, 5) is 11.3. The molecule has 0 aromatic rings. The van der Waals surface area contributed by atoms with Crippen molar-refractivity contribution in [1.29, 1.82) is 0 Å². The molecule has 5 rings (SSSR count). The molecule has 0 aromatic carbocycles. The van der Waals surface area contributed by atoms with Gasteiger partial charge in [0.2, 0.25) is 0 Å². The van der Waals surface area contributed by atoms with Crippen LogP contribution in [0.25, 0.3) is 0 Å². The molecule has 3 heteroatoms. The molecule has 0 aromatic heterocycles. The summed E-state index contributed by atoms with van der Waals surface area (Å²) in [6, 6.07) is 0. The number of rotatable bonds is 2. The average molecular weight is 347 g/mol. The zero-order valence-electron chi connectivity index (χ0n) is 16.1. The predicted molar refractivity (Wildman–Crippen MR) is 95.7 cm³/mol. The molecule has 2 bridgehead atoms. The minimum atomic E-state index is -0.774. The third-order valence-corrected chi connectivity index (χ3v) is 9.95. The number of fused-ring (bicyclic) bond motifs is 5. The van der Waals surface area contributed by atoms with E-state index in [0.29, 0.717) is 22.2 Å².